The van der Waals surface area contributed by atoms with Gasteiger partial charge in [-0.2, -0.15) is 54.6 Å². The summed E-state index contributed by atoms with van der Waals surface area (Å²) in [5.74, 6) is 0. The fraction of sp³-hybridized carbons (Fsp3) is 0. The van der Waals surface area contributed by atoms with E-state index in [0.717, 1.165) is 0 Å². The molecule has 0 unspecified atom stereocenters. The van der Waals surface area contributed by atoms with E-state index >= 15 is 0 Å². The quantitative estimate of drug-likeness (QED) is 0.517. The molecule has 0 nitrogen and oxygen atoms in total. The van der Waals surface area contributed by atoms with Gasteiger partial charge >= 0.3 is 0 Å². The molecule has 0 amide bonds. The van der Waals surface area contributed by atoms with Crippen LogP contribution in [0, 0.1) is 6.07 Å². The molecule has 0 heterocycles. The molecular weight excluding hydrogens is 311 g/mol. The molecule has 0 aromatic heterocycles. The molecule has 0 aliphatic rings. The van der Waals surface area contributed by atoms with Crippen molar-refractivity contribution in [2.24, 2.45) is 0 Å². The van der Waals surface area contributed by atoms with Crippen LogP contribution in [0.4, 0.5) is 0 Å². The Balaban J connectivity index is 0.000000189. The first-order chi connectivity index (χ1) is 5.50. The van der Waals surface area contributed by atoms with E-state index in [1.165, 1.54) is 0 Å². The second-order valence-electron chi connectivity index (χ2n) is 2.04. The van der Waals surface area contributed by atoms with Gasteiger partial charge in [0.25, 0.3) is 0 Å². The standard InChI is InChI=1S/C6H5.C5H5.Hf/c1-2-4-6-5-3-1;1-2-4-5-3-1;/h1-5H;1-5H;/q2*-1;. The van der Waals surface area contributed by atoms with Gasteiger partial charge in [0.2, 0.25) is 0 Å². The zero-order valence-corrected chi connectivity index (χ0v) is 10.4. The molecule has 0 aliphatic heterocycles. The summed E-state index contributed by atoms with van der Waals surface area (Å²) in [4.78, 5) is 0. The van der Waals surface area contributed by atoms with Crippen LogP contribution < -0.4 is 0 Å². The van der Waals surface area contributed by atoms with Crippen molar-refractivity contribution < 1.29 is 25.8 Å². The van der Waals surface area contributed by atoms with Crippen molar-refractivity contribution in [2.75, 3.05) is 0 Å². The summed E-state index contributed by atoms with van der Waals surface area (Å²) in [6.45, 7) is 0. The first-order valence-electron chi connectivity index (χ1n) is 3.58. The Bertz CT molecular complexity index is 191. The summed E-state index contributed by atoms with van der Waals surface area (Å²) in [5, 5.41) is 0. The van der Waals surface area contributed by atoms with Crippen LogP contribution in [-0.2, 0) is 25.8 Å². The van der Waals surface area contributed by atoms with E-state index < -0.39 is 0 Å². The maximum atomic E-state index is 2.89. The average molecular weight is 321 g/mol. The van der Waals surface area contributed by atoms with Crippen LogP contribution in [0.2, 0.25) is 0 Å². The molecule has 0 saturated heterocycles. The minimum atomic E-state index is 0. The van der Waals surface area contributed by atoms with Gasteiger partial charge in [-0.25, -0.2) is 12.1 Å². The SMILES string of the molecule is [Hf].[c-]1ccccc1.c1cc[cH-]c1. The van der Waals surface area contributed by atoms with E-state index in [9.17, 15) is 0 Å². The van der Waals surface area contributed by atoms with Crippen LogP contribution in [0.5, 0.6) is 0 Å². The summed E-state index contributed by atoms with van der Waals surface area (Å²) >= 11 is 0. The van der Waals surface area contributed by atoms with Crippen molar-refractivity contribution in [1.29, 1.82) is 0 Å². The van der Waals surface area contributed by atoms with Crippen molar-refractivity contribution in [2.45, 2.75) is 0 Å². The monoisotopic (exact) mass is 322 g/mol. The Morgan fingerprint density at radius 1 is 0.750 bits per heavy atom. The molecule has 0 spiro atoms. The molecule has 0 radical (unpaired) electrons. The van der Waals surface area contributed by atoms with Gasteiger partial charge < -0.3 is 0 Å². The minimum Gasteiger partial charge on any atom is -0.214 e. The van der Waals surface area contributed by atoms with Gasteiger partial charge in [-0.05, 0) is 0 Å². The third-order valence-electron chi connectivity index (χ3n) is 1.16. The van der Waals surface area contributed by atoms with E-state index in [1.54, 1.807) is 0 Å². The zero-order valence-electron chi connectivity index (χ0n) is 6.77. The average Bonchev–Trinajstić information content (AvgIpc) is 2.64. The summed E-state index contributed by atoms with van der Waals surface area (Å²) in [6.07, 6.45) is 0. The van der Waals surface area contributed by atoms with Gasteiger partial charge in [-0.15, -0.1) is 0 Å². The van der Waals surface area contributed by atoms with E-state index in [1.807, 2.05) is 60.7 Å². The summed E-state index contributed by atoms with van der Waals surface area (Å²) < 4.78 is 0. The molecule has 2 aromatic rings. The number of hydrogen-bond donors (Lipinski definition) is 0. The van der Waals surface area contributed by atoms with Gasteiger partial charge in [-0.3, -0.25) is 0 Å². The third-order valence-corrected chi connectivity index (χ3v) is 1.16. The van der Waals surface area contributed by atoms with Gasteiger partial charge in [-0.1, -0.05) is 0 Å². The molecule has 12 heavy (non-hydrogen) atoms. The zero-order chi connectivity index (χ0) is 7.78. The van der Waals surface area contributed by atoms with Crippen LogP contribution in [0.1, 0.15) is 0 Å². The van der Waals surface area contributed by atoms with E-state index in [-0.39, 0.29) is 25.8 Å². The van der Waals surface area contributed by atoms with Crippen LogP contribution in [0.25, 0.3) is 0 Å². The van der Waals surface area contributed by atoms with Crippen LogP contribution in [0.3, 0.4) is 0 Å². The smallest absolute Gasteiger partial charge is 0 e. The van der Waals surface area contributed by atoms with Crippen LogP contribution in [-0.4, -0.2) is 0 Å². The molecular formula is C11H10Hf-2. The van der Waals surface area contributed by atoms with Crippen molar-refractivity contribution in [3.05, 3.63) is 66.7 Å². The first-order valence-corrected chi connectivity index (χ1v) is 3.58. The first kappa shape index (κ1) is 11.4. The molecule has 0 atom stereocenters. The van der Waals surface area contributed by atoms with E-state index in [0.29, 0.717) is 0 Å². The summed E-state index contributed by atoms with van der Waals surface area (Å²) in [5.41, 5.74) is 0. The molecule has 0 fully saturated rings. The summed E-state index contributed by atoms with van der Waals surface area (Å²) in [7, 11) is 0. The van der Waals surface area contributed by atoms with Crippen molar-refractivity contribution in [3.8, 4) is 0 Å². The summed E-state index contributed by atoms with van der Waals surface area (Å²) in [6, 6.07) is 22.5. The van der Waals surface area contributed by atoms with E-state index in [4.69, 9.17) is 0 Å². The second kappa shape index (κ2) is 8.54. The Kier molecular flexibility index (Phi) is 8.14. The molecule has 60 valence electrons. The predicted molar refractivity (Wildman–Crippen MR) is 47.3 cm³/mol. The van der Waals surface area contributed by atoms with Gasteiger partial charge in [0, 0.05) is 25.8 Å². The molecule has 2 rings (SSSR count). The number of rotatable bonds is 0. The molecule has 1 heteroatoms. The normalized spacial score (nSPS) is 7.33. The Morgan fingerprint density at radius 2 is 1.33 bits per heavy atom. The van der Waals surface area contributed by atoms with Crippen molar-refractivity contribution in [1.82, 2.24) is 0 Å². The molecule has 0 bridgehead atoms. The fourth-order valence-corrected chi connectivity index (χ4v) is 0.663. The number of benzene rings is 1. The van der Waals surface area contributed by atoms with Gasteiger partial charge in [0.05, 0.1) is 0 Å². The molecule has 0 N–H and O–H groups in total. The fourth-order valence-electron chi connectivity index (χ4n) is 0.663. The molecule has 2 aromatic carbocycles. The van der Waals surface area contributed by atoms with Crippen molar-refractivity contribution >= 4 is 0 Å². The van der Waals surface area contributed by atoms with Crippen LogP contribution in [0.15, 0.2) is 60.7 Å². The van der Waals surface area contributed by atoms with Gasteiger partial charge in [0.1, 0.15) is 0 Å². The largest absolute Gasteiger partial charge is 0.214 e. The maximum absolute atomic E-state index is 2.89. The number of hydrogen-bond acceptors (Lipinski definition) is 0. The Labute approximate surface area is 92.4 Å². The minimum absolute atomic E-state index is 0. The Morgan fingerprint density at radius 3 is 1.50 bits per heavy atom. The van der Waals surface area contributed by atoms with Crippen molar-refractivity contribution in [3.63, 3.8) is 0 Å². The Hall–Kier alpha value is -0.560. The molecule has 0 aliphatic carbocycles. The third kappa shape index (κ3) is 6.17. The topological polar surface area (TPSA) is 0 Å². The van der Waals surface area contributed by atoms with Crippen LogP contribution >= 0.6 is 0 Å². The predicted octanol–water partition coefficient (Wildman–Crippen LogP) is 2.89. The second-order valence-corrected chi connectivity index (χ2v) is 2.04. The van der Waals surface area contributed by atoms with Gasteiger partial charge in [0.15, 0.2) is 0 Å². The maximum Gasteiger partial charge on any atom is 0 e. The van der Waals surface area contributed by atoms with E-state index in [2.05, 4.69) is 6.07 Å². The molecule has 0 saturated carbocycles.